The largest absolute Gasteiger partial charge is 0.493 e. The van der Waals surface area contributed by atoms with Gasteiger partial charge in [-0.25, -0.2) is 0 Å². The first-order valence-corrected chi connectivity index (χ1v) is 26.8. The quantitative estimate of drug-likeness (QED) is 0.0164. The lowest BCUT2D eigenvalue weighted by Crippen LogP contribution is -2.45. The molecule has 0 aliphatic carbocycles. The van der Waals surface area contributed by atoms with Gasteiger partial charge in [0.05, 0.1) is 43.7 Å². The molecule has 5 aromatic carbocycles. The van der Waals surface area contributed by atoms with Crippen molar-refractivity contribution in [1.82, 2.24) is 20.9 Å². The van der Waals surface area contributed by atoms with Crippen molar-refractivity contribution in [1.29, 1.82) is 0 Å². The number of allylic oxidation sites excluding steroid dienone is 1. The highest BCUT2D eigenvalue weighted by atomic mass is 16.5. The normalized spacial score (nSPS) is 13.6. The summed E-state index contributed by atoms with van der Waals surface area (Å²) in [6, 6.07) is 26.6. The van der Waals surface area contributed by atoms with Gasteiger partial charge in [-0.1, -0.05) is 36.4 Å². The van der Waals surface area contributed by atoms with Gasteiger partial charge < -0.3 is 60.2 Å². The molecule has 5 N–H and O–H groups in total. The van der Waals surface area contributed by atoms with Gasteiger partial charge in [0.15, 0.2) is 29.3 Å². The van der Waals surface area contributed by atoms with E-state index >= 15 is 0 Å². The topological polar surface area (TPSA) is 256 Å². The van der Waals surface area contributed by atoms with E-state index in [-0.39, 0.29) is 62.9 Å². The highest BCUT2D eigenvalue weighted by molar-refractivity contribution is 6.11. The number of aliphatic imine (C=N–C) groups is 1. The Bertz CT molecular complexity index is 3230. The summed E-state index contributed by atoms with van der Waals surface area (Å²) in [4.78, 5) is 110. The van der Waals surface area contributed by atoms with Crippen LogP contribution in [0.2, 0.25) is 0 Å². The second-order valence-electron chi connectivity index (χ2n) is 19.6. The maximum absolute atomic E-state index is 14.0. The molecular formula is C61H69N9O12. The minimum Gasteiger partial charge on any atom is -0.493 e. The molecule has 21 nitrogen and oxygen atoms in total. The Balaban J connectivity index is 1.01. The number of benzene rings is 5. The van der Waals surface area contributed by atoms with Gasteiger partial charge in [0.1, 0.15) is 25.5 Å². The van der Waals surface area contributed by atoms with Crippen molar-refractivity contribution in [3.05, 3.63) is 137 Å². The van der Waals surface area contributed by atoms with Crippen LogP contribution in [0.1, 0.15) is 75.6 Å². The number of ether oxygens (including phenoxy) is 4. The fourth-order valence-corrected chi connectivity index (χ4v) is 9.42. The van der Waals surface area contributed by atoms with Crippen LogP contribution in [0.25, 0.3) is 0 Å². The van der Waals surface area contributed by atoms with Crippen LogP contribution in [0, 0.1) is 0 Å². The van der Waals surface area contributed by atoms with Crippen molar-refractivity contribution < 1.29 is 57.3 Å². The number of methoxy groups -OCH3 is 2. The lowest BCUT2D eigenvalue weighted by atomic mass is 10.1. The average molecular weight is 1120 g/mol. The van der Waals surface area contributed by atoms with E-state index in [0.29, 0.717) is 94.3 Å². The Hall–Kier alpha value is -9.53. The fourth-order valence-electron chi connectivity index (χ4n) is 9.42. The molecule has 2 heterocycles. The molecule has 82 heavy (non-hydrogen) atoms. The second-order valence-corrected chi connectivity index (χ2v) is 19.6. The second kappa shape index (κ2) is 29.1. The van der Waals surface area contributed by atoms with Gasteiger partial charge >= 0.3 is 0 Å². The van der Waals surface area contributed by atoms with Gasteiger partial charge in [-0.3, -0.25) is 43.3 Å². The number of aldehydes is 2. The number of nitrogens with zero attached hydrogens (tertiary/aromatic N) is 4. The zero-order chi connectivity index (χ0) is 58.7. The zero-order valence-electron chi connectivity index (χ0n) is 46.9. The maximum atomic E-state index is 14.0. The number of fused-ring (bicyclic) bond motifs is 2. The molecule has 21 heteroatoms. The van der Waals surface area contributed by atoms with Crippen molar-refractivity contribution in [2.45, 2.75) is 70.7 Å². The number of nitrogens with one attached hydrogen (secondary N) is 5. The van der Waals surface area contributed by atoms with E-state index in [4.69, 9.17) is 23.9 Å². The van der Waals surface area contributed by atoms with Crippen LogP contribution in [0.3, 0.4) is 0 Å². The standard InChI is InChI=1S/C61H69N9O12/c1-39(66-58(75)35-65-57(74)19-12-11-18-56(73)63-22-24-68(3)59(76)20-13-25-71)60(77)67-45-27-40(37-81-54-32-48(44(36-72)30-52(54)79-5)64-34-46-29-43-15-8-9-16-50(43)69(46)4)26-41(28-45)38-82-55-33-49(62-2)47(31-53(55)80-6)61(78)70-23-21-42-14-7-10-17-51(42)70/h7-10,13-17,20,25-28,30-34,36,39,46,62H,11-12,18-19,21-24,29,35,37-38H2,1-6H3,(H,63,73)(H,65,74)(H,66,75)(H,67,77)/b20-13-,64-34-. The van der Waals surface area contributed by atoms with Crippen LogP contribution < -0.4 is 55.3 Å². The summed E-state index contributed by atoms with van der Waals surface area (Å²) in [6.45, 7) is 2.01. The van der Waals surface area contributed by atoms with Gasteiger partial charge in [0.25, 0.3) is 5.91 Å². The Morgan fingerprint density at radius 2 is 1.43 bits per heavy atom. The van der Waals surface area contributed by atoms with E-state index in [1.54, 1.807) is 55.4 Å². The third-order valence-corrected chi connectivity index (χ3v) is 13.9. The number of likely N-dealkylation sites (N-methyl/N-ethyl adjacent to an activating group) is 2. The third kappa shape index (κ3) is 15.9. The fraction of sp³-hybridized carbons (Fsp3) is 0.328. The number of hydrogen-bond donors (Lipinski definition) is 5. The summed E-state index contributed by atoms with van der Waals surface area (Å²) in [5, 5.41) is 13.9. The van der Waals surface area contributed by atoms with E-state index < -0.39 is 30.3 Å². The van der Waals surface area contributed by atoms with Crippen molar-refractivity contribution >= 4 is 82.7 Å². The monoisotopic (exact) mass is 1120 g/mol. The molecule has 7 rings (SSSR count). The molecule has 0 radical (unpaired) electrons. The van der Waals surface area contributed by atoms with Crippen LogP contribution in [-0.4, -0.2) is 133 Å². The minimum absolute atomic E-state index is 0.0396. The number of rotatable bonds is 28. The summed E-state index contributed by atoms with van der Waals surface area (Å²) >= 11 is 0. The SMILES string of the molecule is CNc1cc(OCc2cc(COc3cc(/N=C\C4Cc5ccccc5N4C)c(C=O)cc3OC)cc(NC(=O)C(C)NC(=O)CNC(=O)CCCCC(=O)NCCN(C)C(=O)/C=C\C=O)c2)c(OC)cc1C(=O)N1CCc2ccccc21. The molecule has 0 fully saturated rings. The first-order valence-electron chi connectivity index (χ1n) is 26.8. The van der Waals surface area contributed by atoms with Gasteiger partial charge in [-0.15, -0.1) is 0 Å². The number of carbonyl (C=O) groups is 8. The summed E-state index contributed by atoms with van der Waals surface area (Å²) in [5.41, 5.74) is 7.37. The molecule has 0 aromatic heterocycles. The lowest BCUT2D eigenvalue weighted by Gasteiger charge is -2.21. The smallest absolute Gasteiger partial charge is 0.260 e. The molecule has 0 saturated heterocycles. The Morgan fingerprint density at radius 3 is 2.09 bits per heavy atom. The minimum atomic E-state index is -1.05. The number of para-hydroxylation sites is 2. The molecule has 2 atom stereocenters. The Labute approximate surface area is 476 Å². The highest BCUT2D eigenvalue weighted by Crippen LogP contribution is 2.39. The first kappa shape index (κ1) is 60.1. The van der Waals surface area contributed by atoms with E-state index in [1.165, 1.54) is 31.6 Å². The molecule has 0 bridgehead atoms. The van der Waals surface area contributed by atoms with E-state index in [2.05, 4.69) is 43.6 Å². The van der Waals surface area contributed by atoms with E-state index in [9.17, 15) is 38.4 Å². The summed E-state index contributed by atoms with van der Waals surface area (Å²) < 4.78 is 24.2. The molecule has 2 aliphatic rings. The number of amides is 6. The molecule has 0 saturated carbocycles. The van der Waals surface area contributed by atoms with E-state index in [1.807, 2.05) is 55.7 Å². The predicted molar refractivity (Wildman–Crippen MR) is 312 cm³/mol. The number of anilines is 4. The van der Waals surface area contributed by atoms with E-state index in [0.717, 1.165) is 41.9 Å². The van der Waals surface area contributed by atoms with Gasteiger partial charge in [-0.2, -0.15) is 0 Å². The van der Waals surface area contributed by atoms with Crippen LogP contribution >= 0.6 is 0 Å². The number of carbonyl (C=O) groups excluding carboxylic acids is 8. The Morgan fingerprint density at radius 1 is 0.780 bits per heavy atom. The van der Waals surface area contributed by atoms with Crippen LogP contribution in [0.15, 0.2) is 108 Å². The van der Waals surface area contributed by atoms with Crippen LogP contribution in [0.5, 0.6) is 23.0 Å². The average Bonchev–Trinajstić information content (AvgIpc) is 4.18. The number of hydrogen-bond acceptors (Lipinski definition) is 15. The summed E-state index contributed by atoms with van der Waals surface area (Å²) in [6.07, 6.45) is 7.74. The van der Waals surface area contributed by atoms with Gasteiger partial charge in [-0.05, 0) is 103 Å². The summed E-state index contributed by atoms with van der Waals surface area (Å²) in [7, 11) is 8.21. The highest BCUT2D eigenvalue weighted by Gasteiger charge is 2.29. The molecule has 430 valence electrons. The molecule has 5 aromatic rings. The third-order valence-electron chi connectivity index (χ3n) is 13.9. The first-order chi connectivity index (χ1) is 39.6. The van der Waals surface area contributed by atoms with Crippen molar-refractivity contribution in [3.8, 4) is 23.0 Å². The van der Waals surface area contributed by atoms with Crippen LogP contribution in [0.4, 0.5) is 28.4 Å². The van der Waals surface area contributed by atoms with Crippen molar-refractivity contribution in [2.24, 2.45) is 4.99 Å². The van der Waals surface area contributed by atoms with Gasteiger partial charge in [0, 0.05) is 101 Å². The summed E-state index contributed by atoms with van der Waals surface area (Å²) in [5.74, 6) is -1.15. The van der Waals surface area contributed by atoms with Gasteiger partial charge in [0.2, 0.25) is 29.5 Å². The molecule has 0 spiro atoms. The van der Waals surface area contributed by atoms with Crippen molar-refractivity contribution in [2.75, 3.05) is 82.0 Å². The molecular weight excluding hydrogens is 1050 g/mol. The Kier molecular flexibility index (Phi) is 21.3. The lowest BCUT2D eigenvalue weighted by molar-refractivity contribution is -0.128. The zero-order valence-corrected chi connectivity index (χ0v) is 46.9. The molecule has 2 aliphatic heterocycles. The molecule has 6 amide bonds. The number of unbranched alkanes of at least 4 members (excludes halogenated alkanes) is 1. The molecule has 2 unspecified atom stereocenters. The maximum Gasteiger partial charge on any atom is 0.260 e. The predicted octanol–water partition coefficient (Wildman–Crippen LogP) is 6.13. The van der Waals surface area contributed by atoms with Crippen LogP contribution in [-0.2, 0) is 54.8 Å². The van der Waals surface area contributed by atoms with Crippen molar-refractivity contribution in [3.63, 3.8) is 0 Å².